The largest absolute Gasteiger partial charge is 0.368 e. The minimum Gasteiger partial charge on any atom is -0.368 e. The summed E-state index contributed by atoms with van der Waals surface area (Å²) in [6.45, 7) is 2.13. The molecule has 110 valence electrons. The van der Waals surface area contributed by atoms with Crippen molar-refractivity contribution in [2.45, 2.75) is 64.0 Å². The summed E-state index contributed by atoms with van der Waals surface area (Å²) >= 11 is 0. The van der Waals surface area contributed by atoms with Crippen molar-refractivity contribution >= 4 is 5.91 Å². The van der Waals surface area contributed by atoms with Gasteiger partial charge >= 0.3 is 0 Å². The smallest absolute Gasteiger partial charge is 0.239 e. The summed E-state index contributed by atoms with van der Waals surface area (Å²) in [7, 11) is 0. The molecular weight excluding hydrogens is 248 g/mol. The molecule has 1 atom stereocenters. The van der Waals surface area contributed by atoms with Crippen LogP contribution in [0.25, 0.3) is 0 Å². The van der Waals surface area contributed by atoms with Crippen LogP contribution in [0.2, 0.25) is 0 Å². The molecule has 0 aliphatic heterocycles. The summed E-state index contributed by atoms with van der Waals surface area (Å²) in [5, 5.41) is 3.47. The molecule has 1 unspecified atom stereocenters. The van der Waals surface area contributed by atoms with Crippen molar-refractivity contribution in [3.8, 4) is 0 Å². The highest BCUT2D eigenvalue weighted by Gasteiger charge is 2.22. The van der Waals surface area contributed by atoms with Gasteiger partial charge in [-0.05, 0) is 30.4 Å². The number of amides is 1. The molecule has 0 saturated heterocycles. The number of hydrogen-bond acceptors (Lipinski definition) is 2. The molecule has 0 bridgehead atoms. The van der Waals surface area contributed by atoms with Gasteiger partial charge in [0.1, 0.15) is 6.04 Å². The number of primary amides is 1. The van der Waals surface area contributed by atoms with E-state index in [9.17, 15) is 4.79 Å². The molecule has 2 rings (SSSR count). The molecule has 3 nitrogen and oxygen atoms in total. The third kappa shape index (κ3) is 4.07. The highest BCUT2D eigenvalue weighted by Crippen LogP contribution is 2.21. The number of rotatable bonds is 5. The van der Waals surface area contributed by atoms with Crippen LogP contribution in [-0.2, 0) is 11.2 Å². The first-order chi connectivity index (χ1) is 9.70. The van der Waals surface area contributed by atoms with Crippen molar-refractivity contribution in [2.75, 3.05) is 0 Å². The van der Waals surface area contributed by atoms with Gasteiger partial charge in [0.2, 0.25) is 5.91 Å². The van der Waals surface area contributed by atoms with Crippen LogP contribution >= 0.6 is 0 Å². The Balaban J connectivity index is 2.07. The van der Waals surface area contributed by atoms with E-state index in [1.165, 1.54) is 31.2 Å². The maximum Gasteiger partial charge on any atom is 0.239 e. The van der Waals surface area contributed by atoms with Gasteiger partial charge in [0.25, 0.3) is 0 Å². The summed E-state index contributed by atoms with van der Waals surface area (Å²) in [6, 6.07) is 8.28. The van der Waals surface area contributed by atoms with Gasteiger partial charge in [-0.25, -0.2) is 0 Å². The van der Waals surface area contributed by atoms with Crippen LogP contribution in [-0.4, -0.2) is 11.9 Å². The normalized spacial score (nSPS) is 18.4. The van der Waals surface area contributed by atoms with Gasteiger partial charge in [0.05, 0.1) is 0 Å². The van der Waals surface area contributed by atoms with Gasteiger partial charge in [-0.3, -0.25) is 10.1 Å². The molecule has 1 aromatic carbocycles. The lowest BCUT2D eigenvalue weighted by atomic mass is 10.0. The van der Waals surface area contributed by atoms with E-state index in [1.54, 1.807) is 0 Å². The van der Waals surface area contributed by atoms with Gasteiger partial charge in [-0.15, -0.1) is 0 Å². The van der Waals surface area contributed by atoms with Gasteiger partial charge < -0.3 is 5.73 Å². The van der Waals surface area contributed by atoms with Gasteiger partial charge in [-0.1, -0.05) is 56.9 Å². The monoisotopic (exact) mass is 274 g/mol. The molecule has 20 heavy (non-hydrogen) atoms. The van der Waals surface area contributed by atoms with Gasteiger partial charge in [-0.2, -0.15) is 0 Å². The predicted molar refractivity (Wildman–Crippen MR) is 82.4 cm³/mol. The molecule has 1 aliphatic carbocycles. The standard InChI is InChI=1S/C17H26N2O/c1-2-13-9-11-14(12-10-13)16(17(18)20)19-15-7-5-3-4-6-8-15/h9-12,15-16,19H,2-8H2,1H3,(H2,18,20). The molecule has 1 aromatic rings. The Bertz CT molecular complexity index is 419. The topological polar surface area (TPSA) is 55.1 Å². The van der Waals surface area contributed by atoms with E-state index in [4.69, 9.17) is 5.73 Å². The Morgan fingerprint density at radius 3 is 2.30 bits per heavy atom. The lowest BCUT2D eigenvalue weighted by Crippen LogP contribution is -2.39. The van der Waals surface area contributed by atoms with Gasteiger partial charge in [0.15, 0.2) is 0 Å². The highest BCUT2D eigenvalue weighted by atomic mass is 16.1. The SMILES string of the molecule is CCc1ccc(C(NC2CCCCCC2)C(N)=O)cc1. The van der Waals surface area contributed by atoms with E-state index in [0.29, 0.717) is 6.04 Å². The molecule has 0 heterocycles. The fourth-order valence-corrected chi connectivity index (χ4v) is 2.97. The highest BCUT2D eigenvalue weighted by molar-refractivity contribution is 5.81. The summed E-state index contributed by atoms with van der Waals surface area (Å²) in [4.78, 5) is 11.8. The Morgan fingerprint density at radius 1 is 1.20 bits per heavy atom. The van der Waals surface area contributed by atoms with E-state index in [-0.39, 0.29) is 11.9 Å². The minimum absolute atomic E-state index is 0.279. The van der Waals surface area contributed by atoms with Crippen LogP contribution in [0.15, 0.2) is 24.3 Å². The molecule has 0 spiro atoms. The van der Waals surface area contributed by atoms with Crippen LogP contribution in [0.1, 0.15) is 62.6 Å². The summed E-state index contributed by atoms with van der Waals surface area (Å²) in [5.41, 5.74) is 7.86. The van der Waals surface area contributed by atoms with E-state index >= 15 is 0 Å². The Hall–Kier alpha value is -1.35. The molecule has 0 aromatic heterocycles. The fraction of sp³-hybridized carbons (Fsp3) is 0.588. The zero-order valence-corrected chi connectivity index (χ0v) is 12.4. The van der Waals surface area contributed by atoms with E-state index < -0.39 is 0 Å². The quantitative estimate of drug-likeness (QED) is 0.811. The minimum atomic E-state index is -0.357. The van der Waals surface area contributed by atoms with E-state index in [1.807, 2.05) is 12.1 Å². The summed E-state index contributed by atoms with van der Waals surface area (Å²) < 4.78 is 0. The van der Waals surface area contributed by atoms with Gasteiger partial charge in [0, 0.05) is 6.04 Å². The summed E-state index contributed by atoms with van der Waals surface area (Å²) in [5.74, 6) is -0.279. The molecular formula is C17H26N2O. The van der Waals surface area contributed by atoms with Crippen LogP contribution in [0.3, 0.4) is 0 Å². The number of carbonyl (C=O) groups is 1. The van der Waals surface area contributed by atoms with Crippen molar-refractivity contribution in [1.82, 2.24) is 5.32 Å². The predicted octanol–water partition coefficient (Wildman–Crippen LogP) is 3.09. The van der Waals surface area contributed by atoms with Crippen LogP contribution in [0.4, 0.5) is 0 Å². The zero-order valence-electron chi connectivity index (χ0n) is 12.4. The van der Waals surface area contributed by atoms with Crippen molar-refractivity contribution in [3.63, 3.8) is 0 Å². The Kier molecular flexibility index (Phi) is 5.60. The van der Waals surface area contributed by atoms with E-state index in [0.717, 1.165) is 24.8 Å². The third-order valence-corrected chi connectivity index (χ3v) is 4.26. The average Bonchev–Trinajstić information content (AvgIpc) is 2.73. The molecule has 1 amide bonds. The number of benzene rings is 1. The number of nitrogens with two attached hydrogens (primary N) is 1. The first-order valence-electron chi connectivity index (χ1n) is 7.85. The maximum atomic E-state index is 11.8. The second kappa shape index (κ2) is 7.44. The second-order valence-corrected chi connectivity index (χ2v) is 5.79. The first-order valence-corrected chi connectivity index (χ1v) is 7.85. The van der Waals surface area contributed by atoms with Crippen molar-refractivity contribution in [3.05, 3.63) is 35.4 Å². The molecule has 3 N–H and O–H groups in total. The summed E-state index contributed by atoms with van der Waals surface area (Å²) in [6.07, 6.45) is 8.43. The third-order valence-electron chi connectivity index (χ3n) is 4.26. The van der Waals surface area contributed by atoms with Crippen LogP contribution in [0.5, 0.6) is 0 Å². The van der Waals surface area contributed by atoms with Crippen LogP contribution < -0.4 is 11.1 Å². The van der Waals surface area contributed by atoms with E-state index in [2.05, 4.69) is 24.4 Å². The van der Waals surface area contributed by atoms with Crippen molar-refractivity contribution < 1.29 is 4.79 Å². The van der Waals surface area contributed by atoms with Crippen molar-refractivity contribution in [2.24, 2.45) is 5.73 Å². The van der Waals surface area contributed by atoms with Crippen LogP contribution in [0, 0.1) is 0 Å². The fourth-order valence-electron chi connectivity index (χ4n) is 2.97. The second-order valence-electron chi connectivity index (χ2n) is 5.79. The average molecular weight is 274 g/mol. The molecule has 1 saturated carbocycles. The number of aryl methyl sites for hydroxylation is 1. The Morgan fingerprint density at radius 2 is 1.80 bits per heavy atom. The maximum absolute atomic E-state index is 11.8. The molecule has 1 aliphatic rings. The number of nitrogens with one attached hydrogen (secondary N) is 1. The molecule has 3 heteroatoms. The zero-order chi connectivity index (χ0) is 14.4. The van der Waals surface area contributed by atoms with Crippen molar-refractivity contribution in [1.29, 1.82) is 0 Å². The Labute approximate surface area is 121 Å². The lowest BCUT2D eigenvalue weighted by molar-refractivity contribution is -0.120. The number of carbonyl (C=O) groups excluding carboxylic acids is 1. The molecule has 0 radical (unpaired) electrons. The molecule has 1 fully saturated rings. The number of hydrogen-bond donors (Lipinski definition) is 2. The lowest BCUT2D eigenvalue weighted by Gasteiger charge is -2.23. The first kappa shape index (κ1) is 15.0.